The zero-order chi connectivity index (χ0) is 27.8. The molecule has 1 unspecified atom stereocenters. The highest BCUT2D eigenvalue weighted by molar-refractivity contribution is 7.89. The molecular formula is C28H33F3N2O5S. The normalized spacial score (nSPS) is 25.3. The Bertz CT molecular complexity index is 1320. The highest BCUT2D eigenvalue weighted by atomic mass is 32.2. The van der Waals surface area contributed by atoms with Gasteiger partial charge >= 0.3 is 6.09 Å². The average molecular weight is 567 g/mol. The van der Waals surface area contributed by atoms with Gasteiger partial charge in [0.15, 0.2) is 11.6 Å². The molecule has 2 aromatic rings. The van der Waals surface area contributed by atoms with E-state index in [4.69, 9.17) is 4.74 Å². The van der Waals surface area contributed by atoms with Gasteiger partial charge in [-0.25, -0.2) is 26.4 Å². The topological polar surface area (TPSA) is 87.2 Å². The van der Waals surface area contributed by atoms with Gasteiger partial charge in [-0.3, -0.25) is 0 Å². The Balaban J connectivity index is 1.52. The Morgan fingerprint density at radius 1 is 1.00 bits per heavy atom. The second-order valence-electron chi connectivity index (χ2n) is 10.7. The van der Waals surface area contributed by atoms with Crippen LogP contribution in [0.5, 0.6) is 0 Å². The minimum absolute atomic E-state index is 0.0578. The molecule has 1 aliphatic carbocycles. The van der Waals surface area contributed by atoms with E-state index >= 15 is 0 Å². The van der Waals surface area contributed by atoms with Crippen molar-refractivity contribution in [1.82, 2.24) is 9.21 Å². The van der Waals surface area contributed by atoms with Crippen molar-refractivity contribution in [1.29, 1.82) is 0 Å². The Morgan fingerprint density at radius 2 is 1.79 bits per heavy atom. The molecule has 212 valence electrons. The summed E-state index contributed by atoms with van der Waals surface area (Å²) < 4.78 is 77.6. The summed E-state index contributed by atoms with van der Waals surface area (Å²) in [5.41, 5.74) is -0.650. The quantitative estimate of drug-likeness (QED) is 0.492. The van der Waals surface area contributed by atoms with E-state index in [0.29, 0.717) is 56.7 Å². The van der Waals surface area contributed by atoms with Gasteiger partial charge in [0.05, 0.1) is 17.0 Å². The van der Waals surface area contributed by atoms with Gasteiger partial charge in [0.25, 0.3) is 0 Å². The lowest BCUT2D eigenvalue weighted by Crippen LogP contribution is -2.55. The molecule has 3 atom stereocenters. The molecule has 0 aromatic heterocycles. The Kier molecular flexibility index (Phi) is 7.94. The summed E-state index contributed by atoms with van der Waals surface area (Å²) in [5, 5.41) is 9.46. The van der Waals surface area contributed by atoms with Crippen molar-refractivity contribution in [2.45, 2.75) is 86.4 Å². The van der Waals surface area contributed by atoms with Crippen LogP contribution in [0.1, 0.15) is 69.4 Å². The fraction of sp³-hybridized carbons (Fsp3) is 0.536. The number of hydrogen-bond donors (Lipinski definition) is 1. The van der Waals surface area contributed by atoms with E-state index in [9.17, 15) is 31.5 Å². The minimum atomic E-state index is -4.42. The van der Waals surface area contributed by atoms with Gasteiger partial charge in [0.2, 0.25) is 10.0 Å². The van der Waals surface area contributed by atoms with Crippen LogP contribution >= 0.6 is 0 Å². The lowest BCUT2D eigenvalue weighted by Gasteiger charge is -2.45. The Morgan fingerprint density at radius 3 is 2.49 bits per heavy atom. The highest BCUT2D eigenvalue weighted by Gasteiger charge is 2.60. The number of benzene rings is 2. The molecular weight excluding hydrogens is 533 g/mol. The van der Waals surface area contributed by atoms with Crippen molar-refractivity contribution >= 4 is 16.1 Å². The van der Waals surface area contributed by atoms with Gasteiger partial charge in [0, 0.05) is 19.2 Å². The zero-order valence-electron chi connectivity index (χ0n) is 21.6. The van der Waals surface area contributed by atoms with Gasteiger partial charge in [-0.15, -0.1) is 0 Å². The largest absolute Gasteiger partial charge is 0.441 e. The fourth-order valence-electron chi connectivity index (χ4n) is 6.14. The molecule has 2 aliphatic heterocycles. The van der Waals surface area contributed by atoms with Crippen LogP contribution < -0.4 is 0 Å². The molecule has 5 rings (SSSR count). The number of carbonyl (C=O) groups is 1. The van der Waals surface area contributed by atoms with Crippen LogP contribution in [0.15, 0.2) is 47.4 Å². The standard InChI is InChI=1S/C28H33F3N2O5S/c29-20-6-3-5-19(17-20)25-8-4-9-26(33(25)39(36,37)22-10-11-23(30)24(31)18-22)28(13-14-28)38-27(35)32-15-2-1-7-21(32)12-16-34/h3,5-6,10-11,17-18,21,25-26,34H,1-2,4,7-9,12-16H2/t21?,25-,26+/m0/s1. The molecule has 0 bridgehead atoms. The van der Waals surface area contributed by atoms with E-state index in [1.165, 1.54) is 22.5 Å². The highest BCUT2D eigenvalue weighted by Crippen LogP contribution is 2.53. The van der Waals surface area contributed by atoms with Gasteiger partial charge in [-0.2, -0.15) is 4.31 Å². The van der Waals surface area contributed by atoms with Crippen LogP contribution in [0, 0.1) is 17.5 Å². The van der Waals surface area contributed by atoms with Crippen molar-refractivity contribution in [3.05, 3.63) is 65.5 Å². The second kappa shape index (κ2) is 11.1. The van der Waals surface area contributed by atoms with E-state index < -0.39 is 56.1 Å². The summed E-state index contributed by atoms with van der Waals surface area (Å²) in [7, 11) is -4.42. The maximum atomic E-state index is 14.2. The van der Waals surface area contributed by atoms with Crippen LogP contribution in [0.25, 0.3) is 0 Å². The third kappa shape index (κ3) is 5.53. The summed E-state index contributed by atoms with van der Waals surface area (Å²) >= 11 is 0. The molecule has 11 heteroatoms. The molecule has 1 amide bonds. The first kappa shape index (κ1) is 27.9. The van der Waals surface area contributed by atoms with E-state index in [-0.39, 0.29) is 12.6 Å². The maximum absolute atomic E-state index is 14.2. The first-order chi connectivity index (χ1) is 18.7. The number of piperidine rings is 2. The number of aliphatic hydroxyl groups excluding tert-OH is 1. The van der Waals surface area contributed by atoms with Crippen LogP contribution in [0.4, 0.5) is 18.0 Å². The average Bonchev–Trinajstić information content (AvgIpc) is 3.70. The van der Waals surface area contributed by atoms with Crippen molar-refractivity contribution in [3.63, 3.8) is 0 Å². The van der Waals surface area contributed by atoms with Crippen LogP contribution in [0.2, 0.25) is 0 Å². The van der Waals surface area contributed by atoms with Crippen LogP contribution in [0.3, 0.4) is 0 Å². The third-order valence-electron chi connectivity index (χ3n) is 8.23. The predicted octanol–water partition coefficient (Wildman–Crippen LogP) is 5.29. The molecule has 7 nitrogen and oxygen atoms in total. The summed E-state index contributed by atoms with van der Waals surface area (Å²) in [4.78, 5) is 14.6. The number of rotatable bonds is 7. The molecule has 2 aromatic carbocycles. The van der Waals surface area contributed by atoms with E-state index in [1.807, 2.05) is 0 Å². The zero-order valence-corrected chi connectivity index (χ0v) is 22.4. The van der Waals surface area contributed by atoms with Crippen molar-refractivity contribution in [3.8, 4) is 0 Å². The summed E-state index contributed by atoms with van der Waals surface area (Å²) in [5.74, 6) is -2.98. The number of carbonyl (C=O) groups excluding carboxylic acids is 1. The molecule has 0 radical (unpaired) electrons. The van der Waals surface area contributed by atoms with E-state index in [0.717, 1.165) is 31.4 Å². The van der Waals surface area contributed by atoms with Crippen molar-refractivity contribution in [2.24, 2.45) is 0 Å². The first-order valence-corrected chi connectivity index (χ1v) is 14.9. The minimum Gasteiger partial charge on any atom is -0.441 e. The molecule has 3 fully saturated rings. The molecule has 39 heavy (non-hydrogen) atoms. The molecule has 3 aliphatic rings. The van der Waals surface area contributed by atoms with E-state index in [2.05, 4.69) is 0 Å². The van der Waals surface area contributed by atoms with Gasteiger partial charge < -0.3 is 14.7 Å². The maximum Gasteiger partial charge on any atom is 0.410 e. The Labute approximate surface area is 226 Å². The fourth-order valence-corrected chi connectivity index (χ4v) is 8.07. The molecule has 2 saturated heterocycles. The van der Waals surface area contributed by atoms with Crippen molar-refractivity contribution in [2.75, 3.05) is 13.2 Å². The summed E-state index contributed by atoms with van der Waals surface area (Å²) in [6.45, 7) is 0.435. The summed E-state index contributed by atoms with van der Waals surface area (Å²) in [6, 6.07) is 6.41. The first-order valence-electron chi connectivity index (χ1n) is 13.5. The lowest BCUT2D eigenvalue weighted by molar-refractivity contribution is -0.0189. The predicted molar refractivity (Wildman–Crippen MR) is 137 cm³/mol. The number of likely N-dealkylation sites (tertiary alicyclic amines) is 1. The monoisotopic (exact) mass is 566 g/mol. The Hall–Kier alpha value is -2.63. The number of halogens is 3. The van der Waals surface area contributed by atoms with Gasteiger partial charge in [-0.05, 0) is 93.7 Å². The van der Waals surface area contributed by atoms with Gasteiger partial charge in [0.1, 0.15) is 11.4 Å². The molecule has 1 saturated carbocycles. The number of nitrogens with zero attached hydrogens (tertiary/aromatic N) is 2. The second-order valence-corrected chi connectivity index (χ2v) is 12.6. The molecule has 2 heterocycles. The third-order valence-corrected chi connectivity index (χ3v) is 10.1. The van der Waals surface area contributed by atoms with Crippen LogP contribution in [-0.2, 0) is 14.8 Å². The number of ether oxygens (including phenoxy) is 1. The number of amides is 1. The lowest BCUT2D eigenvalue weighted by atomic mass is 9.90. The van der Waals surface area contributed by atoms with Crippen LogP contribution in [-0.4, -0.2) is 59.7 Å². The number of sulfonamides is 1. The summed E-state index contributed by atoms with van der Waals surface area (Å²) in [6.07, 6.45) is 4.68. The smallest absolute Gasteiger partial charge is 0.410 e. The number of aliphatic hydroxyl groups is 1. The molecule has 1 N–H and O–H groups in total. The van der Waals surface area contributed by atoms with Crippen molar-refractivity contribution < 1.29 is 36.2 Å². The van der Waals surface area contributed by atoms with Gasteiger partial charge in [-0.1, -0.05) is 12.1 Å². The van der Waals surface area contributed by atoms with E-state index in [1.54, 1.807) is 11.0 Å². The number of hydrogen-bond acceptors (Lipinski definition) is 5. The SMILES string of the molecule is O=C(OC1([C@H]2CCC[C@@H](c3cccc(F)c3)N2S(=O)(=O)c2ccc(F)c(F)c2)CC1)N1CCCCC1CCO. The molecule has 0 spiro atoms.